The van der Waals surface area contributed by atoms with Crippen LogP contribution in [0.5, 0.6) is 0 Å². The summed E-state index contributed by atoms with van der Waals surface area (Å²) in [5.74, 6) is -2.45. The number of carbonyl (C=O) groups excluding carboxylic acids is 1. The number of thioether (sulfide) groups is 1. The van der Waals surface area contributed by atoms with E-state index in [1.54, 1.807) is 0 Å². The van der Waals surface area contributed by atoms with Crippen molar-refractivity contribution in [2.24, 2.45) is 5.41 Å². The zero-order chi connectivity index (χ0) is 11.8. The Morgan fingerprint density at radius 2 is 1.69 bits per heavy atom. The highest BCUT2D eigenvalue weighted by Gasteiger charge is 2.54. The molecule has 3 fully saturated rings. The van der Waals surface area contributed by atoms with Crippen LogP contribution in [-0.2, 0) is 9.53 Å². The molecule has 5 heteroatoms. The van der Waals surface area contributed by atoms with E-state index >= 15 is 0 Å². The highest BCUT2D eigenvalue weighted by Crippen LogP contribution is 2.59. The van der Waals surface area contributed by atoms with Gasteiger partial charge in [0.05, 0.1) is 12.5 Å². The number of halogens is 2. The molecule has 3 aliphatic carbocycles. The molecular weight excluding hydrogens is 234 g/mol. The van der Waals surface area contributed by atoms with Gasteiger partial charge in [-0.2, -0.15) is 8.78 Å². The Hall–Kier alpha value is -0.320. The van der Waals surface area contributed by atoms with E-state index in [0.29, 0.717) is 19.3 Å². The first-order valence-electron chi connectivity index (χ1n) is 5.56. The van der Waals surface area contributed by atoms with Crippen molar-refractivity contribution in [3.63, 3.8) is 0 Å². The van der Waals surface area contributed by atoms with Crippen LogP contribution in [0.25, 0.3) is 0 Å². The van der Waals surface area contributed by atoms with Crippen molar-refractivity contribution in [2.75, 3.05) is 7.11 Å². The van der Waals surface area contributed by atoms with Crippen molar-refractivity contribution in [1.29, 1.82) is 0 Å². The Morgan fingerprint density at radius 1 is 1.19 bits per heavy atom. The molecule has 0 unspecified atom stereocenters. The van der Waals surface area contributed by atoms with Crippen molar-refractivity contribution in [3.8, 4) is 0 Å². The lowest BCUT2D eigenvalue weighted by Gasteiger charge is -2.51. The number of rotatable bonds is 3. The maximum Gasteiger partial charge on any atom is 0.311 e. The van der Waals surface area contributed by atoms with Crippen LogP contribution < -0.4 is 0 Å². The second-order valence-corrected chi connectivity index (χ2v) is 6.29. The fourth-order valence-electron chi connectivity index (χ4n) is 3.04. The SMILES string of the molecule is COC(=O)C12CCC(SC(F)F)(CC1)CC2. The summed E-state index contributed by atoms with van der Waals surface area (Å²) >= 11 is 0.793. The lowest BCUT2D eigenvalue weighted by Crippen LogP contribution is -2.48. The quantitative estimate of drug-likeness (QED) is 0.719. The monoisotopic (exact) mass is 250 g/mol. The van der Waals surface area contributed by atoms with Gasteiger partial charge in [-0.1, -0.05) is 11.8 Å². The predicted molar refractivity (Wildman–Crippen MR) is 58.5 cm³/mol. The molecular formula is C11H16F2O2S. The maximum absolute atomic E-state index is 12.5. The molecule has 0 saturated heterocycles. The number of fused-ring (bicyclic) bond motifs is 3. The van der Waals surface area contributed by atoms with Crippen LogP contribution in [-0.4, -0.2) is 23.6 Å². The number of alkyl halides is 2. The van der Waals surface area contributed by atoms with Crippen LogP contribution in [0, 0.1) is 5.41 Å². The van der Waals surface area contributed by atoms with Crippen molar-refractivity contribution in [1.82, 2.24) is 0 Å². The van der Waals surface area contributed by atoms with E-state index in [1.807, 2.05) is 0 Å². The van der Waals surface area contributed by atoms with Gasteiger partial charge in [-0.05, 0) is 38.5 Å². The molecule has 0 aromatic heterocycles. The summed E-state index contributed by atoms with van der Waals surface area (Å²) in [6.45, 7) is 0. The summed E-state index contributed by atoms with van der Waals surface area (Å²) in [5, 5.41) is 0. The first-order valence-corrected chi connectivity index (χ1v) is 6.44. The summed E-state index contributed by atoms with van der Waals surface area (Å²) in [6.07, 6.45) is 4.28. The average Bonchev–Trinajstić information content (AvgIpc) is 2.29. The number of carbonyl (C=O) groups is 1. The number of ether oxygens (including phenoxy) is 1. The van der Waals surface area contributed by atoms with Gasteiger partial charge in [-0.3, -0.25) is 4.79 Å². The highest BCUT2D eigenvalue weighted by atomic mass is 32.2. The molecule has 92 valence electrons. The van der Waals surface area contributed by atoms with E-state index in [-0.39, 0.29) is 16.1 Å². The minimum atomic E-state index is -2.30. The normalized spacial score (nSPS) is 37.8. The largest absolute Gasteiger partial charge is 0.469 e. The van der Waals surface area contributed by atoms with E-state index in [2.05, 4.69) is 0 Å². The van der Waals surface area contributed by atoms with E-state index in [1.165, 1.54) is 7.11 Å². The second-order valence-electron chi connectivity index (χ2n) is 4.83. The van der Waals surface area contributed by atoms with Gasteiger partial charge in [-0.25, -0.2) is 0 Å². The van der Waals surface area contributed by atoms with Crippen LogP contribution in [0.1, 0.15) is 38.5 Å². The third kappa shape index (κ3) is 1.94. The molecule has 16 heavy (non-hydrogen) atoms. The van der Waals surface area contributed by atoms with Crippen LogP contribution in [0.2, 0.25) is 0 Å². The molecule has 0 aromatic rings. The smallest absolute Gasteiger partial charge is 0.311 e. The fraction of sp³-hybridized carbons (Fsp3) is 0.909. The van der Waals surface area contributed by atoms with Crippen molar-refractivity contribution < 1.29 is 18.3 Å². The summed E-state index contributed by atoms with van der Waals surface area (Å²) in [5.41, 5.74) is -0.362. The first kappa shape index (κ1) is 12.1. The van der Waals surface area contributed by atoms with E-state index in [0.717, 1.165) is 31.0 Å². The highest BCUT2D eigenvalue weighted by molar-refractivity contribution is 8.00. The minimum absolute atomic E-state index is 0.150. The lowest BCUT2D eigenvalue weighted by molar-refractivity contribution is -0.158. The molecule has 3 saturated carbocycles. The van der Waals surface area contributed by atoms with Crippen LogP contribution in [0.4, 0.5) is 8.78 Å². The number of esters is 1. The third-order valence-corrected chi connectivity index (χ3v) is 5.43. The molecule has 0 spiro atoms. The topological polar surface area (TPSA) is 26.3 Å². The molecule has 2 bridgehead atoms. The third-order valence-electron chi connectivity index (χ3n) is 4.14. The molecule has 0 radical (unpaired) electrons. The molecule has 2 nitrogen and oxygen atoms in total. The van der Waals surface area contributed by atoms with Crippen LogP contribution in [0.3, 0.4) is 0 Å². The van der Waals surface area contributed by atoms with Crippen molar-refractivity contribution in [3.05, 3.63) is 0 Å². The molecule has 0 aliphatic heterocycles. The molecule has 0 amide bonds. The van der Waals surface area contributed by atoms with Crippen molar-refractivity contribution in [2.45, 2.75) is 49.0 Å². The Bertz CT molecular complexity index is 269. The zero-order valence-corrected chi connectivity index (χ0v) is 10.1. The van der Waals surface area contributed by atoms with Crippen molar-refractivity contribution >= 4 is 17.7 Å². The van der Waals surface area contributed by atoms with Gasteiger partial charge >= 0.3 is 5.97 Å². The number of methoxy groups -OCH3 is 1. The van der Waals surface area contributed by atoms with E-state index in [4.69, 9.17) is 4.74 Å². The predicted octanol–water partition coefficient (Wildman–Crippen LogP) is 3.21. The van der Waals surface area contributed by atoms with Gasteiger partial charge in [0.1, 0.15) is 0 Å². The molecule has 0 atom stereocenters. The van der Waals surface area contributed by atoms with Gasteiger partial charge < -0.3 is 4.74 Å². The Morgan fingerprint density at radius 3 is 2.06 bits per heavy atom. The van der Waals surface area contributed by atoms with Crippen LogP contribution in [0.15, 0.2) is 0 Å². The Kier molecular flexibility index (Phi) is 3.16. The summed E-state index contributed by atoms with van der Waals surface area (Å²) in [4.78, 5) is 11.7. The van der Waals surface area contributed by atoms with Gasteiger partial charge in [0.15, 0.2) is 0 Å². The second kappa shape index (κ2) is 4.17. The van der Waals surface area contributed by atoms with E-state index in [9.17, 15) is 13.6 Å². The average molecular weight is 250 g/mol. The van der Waals surface area contributed by atoms with Gasteiger partial charge in [-0.15, -0.1) is 0 Å². The summed E-state index contributed by atoms with van der Waals surface area (Å²) < 4.78 is 29.5. The standard InChI is InChI=1S/C11H16F2O2S/c1-15-8(14)10-2-5-11(6-3-10,7-4-10)16-9(12)13/h9H,2-7H2,1H3. The molecule has 3 aliphatic rings. The minimum Gasteiger partial charge on any atom is -0.469 e. The fourth-order valence-corrected chi connectivity index (χ4v) is 4.08. The lowest BCUT2D eigenvalue weighted by atomic mass is 9.60. The van der Waals surface area contributed by atoms with Gasteiger partial charge in [0.2, 0.25) is 0 Å². The first-order chi connectivity index (χ1) is 7.52. The zero-order valence-electron chi connectivity index (χ0n) is 9.30. The molecule has 0 heterocycles. The van der Waals surface area contributed by atoms with Gasteiger partial charge in [0, 0.05) is 4.75 Å². The Balaban J connectivity index is 2.05. The molecule has 3 rings (SSSR count). The van der Waals surface area contributed by atoms with Gasteiger partial charge in [0.25, 0.3) is 5.76 Å². The summed E-state index contributed by atoms with van der Waals surface area (Å²) in [7, 11) is 1.40. The number of hydrogen-bond acceptors (Lipinski definition) is 3. The Labute approximate surface area is 98.1 Å². The van der Waals surface area contributed by atoms with Crippen LogP contribution >= 0.6 is 11.8 Å². The number of hydrogen-bond donors (Lipinski definition) is 0. The summed E-state index contributed by atoms with van der Waals surface area (Å²) in [6, 6.07) is 0. The van der Waals surface area contributed by atoms with E-state index < -0.39 is 5.76 Å². The maximum atomic E-state index is 12.5. The molecule has 0 aromatic carbocycles. The molecule has 0 N–H and O–H groups in total.